The number of rotatable bonds is 22. The molecule has 14 heteroatoms. The van der Waals surface area contributed by atoms with Crippen LogP contribution in [0.2, 0.25) is 0 Å². The molecule has 3 aromatic carbocycles. The van der Waals surface area contributed by atoms with Crippen molar-refractivity contribution in [3.8, 4) is 0 Å². The maximum Gasteiger partial charge on any atom is 1.00 e. The van der Waals surface area contributed by atoms with E-state index in [1.807, 2.05) is 120 Å². The Morgan fingerprint density at radius 3 is 1.41 bits per heavy atom. The first kappa shape index (κ1) is 54.0. The summed E-state index contributed by atoms with van der Waals surface area (Å²) < 4.78 is 31.7. The molecule has 0 N–H and O–H groups in total. The van der Waals surface area contributed by atoms with Crippen molar-refractivity contribution in [1.82, 2.24) is 0 Å². The Kier molecular flexibility index (Phi) is 28.1. The van der Waals surface area contributed by atoms with Crippen LogP contribution >= 0.6 is 0 Å². The zero-order valence-electron chi connectivity index (χ0n) is 35.8. The molecule has 314 valence electrons. The molecule has 0 aromatic heterocycles. The molecule has 1 unspecified atom stereocenters. The summed E-state index contributed by atoms with van der Waals surface area (Å²) in [5.41, 5.74) is 1.20. The molecule has 0 bridgehead atoms. The Morgan fingerprint density at radius 1 is 0.621 bits per heavy atom. The van der Waals surface area contributed by atoms with E-state index in [1.54, 1.807) is 26.0 Å². The van der Waals surface area contributed by atoms with Crippen molar-refractivity contribution in [3.63, 3.8) is 0 Å². The summed E-state index contributed by atoms with van der Waals surface area (Å²) in [4.78, 5) is 37.9. The minimum absolute atomic E-state index is 0. The molecule has 0 aliphatic rings. The molecule has 13 nitrogen and oxygen atoms in total. The molecule has 3 aromatic rings. The summed E-state index contributed by atoms with van der Waals surface area (Å²) in [6, 6.07) is 28.8. The minimum atomic E-state index is -1.20. The summed E-state index contributed by atoms with van der Waals surface area (Å²) in [7, 11) is 0. The third-order valence-corrected chi connectivity index (χ3v) is 8.64. The van der Waals surface area contributed by atoms with E-state index in [2.05, 4.69) is 22.0 Å². The first-order chi connectivity index (χ1) is 27.1. The molecule has 58 heavy (non-hydrogen) atoms. The van der Waals surface area contributed by atoms with Crippen LogP contribution in [0.25, 0.3) is 0 Å². The summed E-state index contributed by atoms with van der Waals surface area (Å²) in [5, 5.41) is 16.9. The van der Waals surface area contributed by atoms with E-state index in [1.165, 1.54) is 0 Å². The van der Waals surface area contributed by atoms with Gasteiger partial charge in [-0.3, -0.25) is 9.59 Å². The van der Waals surface area contributed by atoms with Crippen molar-refractivity contribution in [2.45, 2.75) is 87.2 Å². The predicted octanol–water partition coefficient (Wildman–Crippen LogP) is 5.02. The third kappa shape index (κ3) is 22.8. The zero-order chi connectivity index (χ0) is 42.6. The van der Waals surface area contributed by atoms with Gasteiger partial charge in [-0.15, -0.1) is 5.11 Å². The Hall–Kier alpha value is -3.95. The Labute approximate surface area is 366 Å². The Balaban J connectivity index is 0.000000848. The van der Waals surface area contributed by atoms with Gasteiger partial charge >= 0.3 is 47.5 Å². The van der Waals surface area contributed by atoms with Gasteiger partial charge in [0.25, 0.3) is 0 Å². The maximum absolute atomic E-state index is 11.9. The topological polar surface area (TPSA) is 164 Å². The smallest absolute Gasteiger partial charge is 0.636 e. The van der Waals surface area contributed by atoms with Crippen LogP contribution in [-0.2, 0) is 66.7 Å². The fourth-order valence-electron chi connectivity index (χ4n) is 4.10. The molecule has 0 aliphatic heterocycles. The Morgan fingerprint density at radius 2 is 1.02 bits per heavy atom. The molecular formula is C44H61N2NaO11. The second-order valence-corrected chi connectivity index (χ2v) is 14.2. The van der Waals surface area contributed by atoms with Crippen LogP contribution in [-0.4, -0.2) is 57.5 Å². The average molecular weight is 817 g/mol. The molecule has 0 aliphatic carbocycles. The molecule has 0 saturated carbocycles. The monoisotopic (exact) mass is 816 g/mol. The predicted molar refractivity (Wildman–Crippen MR) is 214 cm³/mol. The van der Waals surface area contributed by atoms with Gasteiger partial charge in [0, 0.05) is 16.4 Å². The van der Waals surface area contributed by atoms with Gasteiger partial charge in [0.1, 0.15) is 19.8 Å². The van der Waals surface area contributed by atoms with Crippen LogP contribution in [0.1, 0.15) is 84.9 Å². The van der Waals surface area contributed by atoms with Crippen molar-refractivity contribution in [2.24, 2.45) is 21.2 Å². The number of hydrogen-bond donors (Lipinski definition) is 0. The molecule has 1 atom stereocenters. The van der Waals surface area contributed by atoms with E-state index >= 15 is 0 Å². The van der Waals surface area contributed by atoms with Crippen LogP contribution in [0.3, 0.4) is 0 Å². The quantitative estimate of drug-likeness (QED) is 0.0196. The van der Waals surface area contributed by atoms with Crippen LogP contribution < -0.4 is 34.8 Å². The molecule has 0 amide bonds. The average Bonchev–Trinajstić information content (AvgIpc) is 3.22. The number of carbonyl (C=O) groups is 3. The van der Waals surface area contributed by atoms with Gasteiger partial charge in [0.15, 0.2) is 0 Å². The van der Waals surface area contributed by atoms with Gasteiger partial charge in [-0.2, -0.15) is 0 Å². The van der Waals surface area contributed by atoms with Crippen LogP contribution in [0.5, 0.6) is 0 Å². The van der Waals surface area contributed by atoms with Crippen molar-refractivity contribution in [2.75, 3.05) is 39.6 Å². The summed E-state index contributed by atoms with van der Waals surface area (Å²) in [6.07, 6.45) is 1.46. The summed E-state index contributed by atoms with van der Waals surface area (Å²) in [5.74, 6) is -0.814. The first-order valence-corrected chi connectivity index (χ1v) is 18.9. The Bertz CT molecular complexity index is 1610. The third-order valence-electron chi connectivity index (χ3n) is 8.64. The number of ether oxygens (including phenoxy) is 6. The normalized spacial score (nSPS) is 11.9. The van der Waals surface area contributed by atoms with Crippen molar-refractivity contribution in [3.05, 3.63) is 120 Å². The maximum atomic E-state index is 11.9. The van der Waals surface area contributed by atoms with E-state index in [0.717, 1.165) is 17.5 Å². The van der Waals surface area contributed by atoms with Crippen LogP contribution in [0.4, 0.5) is 0 Å². The molecule has 0 spiro atoms. The number of hydrogen-bond acceptors (Lipinski definition) is 13. The van der Waals surface area contributed by atoms with Gasteiger partial charge < -0.3 is 38.7 Å². The van der Waals surface area contributed by atoms with Crippen LogP contribution in [0.15, 0.2) is 114 Å². The number of carbonyl (C=O) groups excluding carboxylic acids is 3. The van der Waals surface area contributed by atoms with Gasteiger partial charge in [0.2, 0.25) is 5.72 Å². The van der Waals surface area contributed by atoms with Crippen molar-refractivity contribution in [1.29, 1.82) is 0 Å². The number of esters is 3. The molecule has 0 fully saturated rings. The van der Waals surface area contributed by atoms with Crippen molar-refractivity contribution >= 4 is 17.9 Å². The molecule has 0 heterocycles. The van der Waals surface area contributed by atoms with E-state index in [-0.39, 0.29) is 67.3 Å². The summed E-state index contributed by atoms with van der Waals surface area (Å²) in [6.45, 7) is 20.8. The second kappa shape index (κ2) is 30.1. The largest absolute Gasteiger partial charge is 1.00 e. The first-order valence-electron chi connectivity index (χ1n) is 18.9. The van der Waals surface area contributed by atoms with E-state index in [0.29, 0.717) is 50.6 Å². The molecule has 0 radical (unpaired) electrons. The van der Waals surface area contributed by atoms with E-state index in [4.69, 9.17) is 28.4 Å². The van der Waals surface area contributed by atoms with Gasteiger partial charge in [-0.1, -0.05) is 111 Å². The standard InChI is InChI=1S/C16H24N2O5.C15H22O3.C13H16O3.Na/c1-5-15(2,3)14(19)21-11-12-22-16(4,17-18-23-20)13-9-7-6-8-10-13;1-4-15(2,3)14(16)18-11-10-17-12-13-8-6-5-7-9-13;1-11(2)13(14)16-9-8-15-10-12-6-4-3-5-7-12;/h6-10,20H,5,11-12H2,1-4H3;5-9H,4,10-12H2,1-3H3;3-7H,1,8-10H2,2H3;/q;;;+1/p-1. The molecular weight excluding hydrogens is 755 g/mol. The molecule has 3 rings (SSSR count). The van der Waals surface area contributed by atoms with E-state index < -0.39 is 16.6 Å². The summed E-state index contributed by atoms with van der Waals surface area (Å²) >= 11 is 0. The van der Waals surface area contributed by atoms with E-state index in [9.17, 15) is 19.6 Å². The van der Waals surface area contributed by atoms with Gasteiger partial charge in [-0.25, -0.2) is 4.79 Å². The van der Waals surface area contributed by atoms with Gasteiger partial charge in [-0.05, 0) is 65.5 Å². The van der Waals surface area contributed by atoms with Crippen LogP contribution in [0, 0.1) is 10.8 Å². The fraction of sp³-hybridized carbons (Fsp3) is 0.477. The number of nitrogens with zero attached hydrogens (tertiary/aromatic N) is 2. The van der Waals surface area contributed by atoms with Crippen molar-refractivity contribution < 1.29 is 82.6 Å². The minimum Gasteiger partial charge on any atom is -0.636 e. The number of benzene rings is 3. The van der Waals surface area contributed by atoms with Gasteiger partial charge in [0.05, 0.1) is 43.9 Å². The SMILES string of the molecule is C=C(C)C(=O)OCCOCc1ccccc1.CCC(C)(C)C(=O)OCCOC(C)(N=NO[O-])c1ccccc1.CCC(C)(C)C(=O)OCCOCc1ccccc1.[Na+]. The second-order valence-electron chi connectivity index (χ2n) is 14.2. The molecule has 0 saturated heterocycles. The fourth-order valence-corrected chi connectivity index (χ4v) is 4.10. The zero-order valence-corrected chi connectivity index (χ0v) is 37.8.